The molecule has 1 heterocycles. The van der Waals surface area contributed by atoms with E-state index in [1.165, 1.54) is 32.1 Å². The Kier molecular flexibility index (Phi) is 2.90. The number of carbonyl (C=O) groups excluding carboxylic acids is 1. The molecule has 1 fully saturated rings. The highest BCUT2D eigenvalue weighted by atomic mass is 16.5. The summed E-state index contributed by atoms with van der Waals surface area (Å²) in [5.74, 6) is 0.892. The van der Waals surface area contributed by atoms with Gasteiger partial charge in [0.25, 0.3) is 0 Å². The summed E-state index contributed by atoms with van der Waals surface area (Å²) in [6.07, 6.45) is 8.88. The molecule has 0 aromatic rings. The van der Waals surface area contributed by atoms with Crippen LogP contribution in [0.3, 0.4) is 0 Å². The second-order valence-corrected chi connectivity index (χ2v) is 4.50. The molecule has 2 nitrogen and oxygen atoms in total. The highest BCUT2D eigenvalue weighted by Crippen LogP contribution is 2.31. The number of rotatable bonds is 1. The molecule has 0 saturated heterocycles. The largest absolute Gasteiger partial charge is 0.497 e. The number of hydrogen-bond donors (Lipinski definition) is 0. The number of allylic oxidation sites excluding steroid dienone is 1. The first-order valence-corrected chi connectivity index (χ1v) is 5.63. The lowest BCUT2D eigenvalue weighted by atomic mass is 9.82. The van der Waals surface area contributed by atoms with Gasteiger partial charge in [-0.1, -0.05) is 19.3 Å². The summed E-state index contributed by atoms with van der Waals surface area (Å²) >= 11 is 0. The molecule has 1 aliphatic heterocycles. The molecule has 0 aromatic carbocycles. The minimum absolute atomic E-state index is 0.173. The Hall–Kier alpha value is -0.790. The van der Waals surface area contributed by atoms with E-state index in [2.05, 4.69) is 0 Å². The van der Waals surface area contributed by atoms with Crippen molar-refractivity contribution in [3.05, 3.63) is 11.8 Å². The Morgan fingerprint density at radius 3 is 2.64 bits per heavy atom. The maximum atomic E-state index is 11.5. The average molecular weight is 194 g/mol. The molecule has 0 aromatic heterocycles. The van der Waals surface area contributed by atoms with Crippen molar-refractivity contribution >= 4 is 5.78 Å². The lowest BCUT2D eigenvalue weighted by Crippen LogP contribution is -2.30. The van der Waals surface area contributed by atoms with Crippen molar-refractivity contribution in [2.24, 2.45) is 5.92 Å². The van der Waals surface area contributed by atoms with Crippen LogP contribution in [-0.4, -0.2) is 11.9 Å². The number of ether oxygens (including phenoxy) is 1. The molecule has 1 aliphatic carbocycles. The van der Waals surface area contributed by atoms with Gasteiger partial charge in [0.1, 0.15) is 6.10 Å². The van der Waals surface area contributed by atoms with Crippen LogP contribution in [0.5, 0.6) is 0 Å². The zero-order chi connectivity index (χ0) is 9.97. The van der Waals surface area contributed by atoms with Crippen LogP contribution in [0, 0.1) is 5.92 Å². The highest BCUT2D eigenvalue weighted by Gasteiger charge is 2.29. The topological polar surface area (TPSA) is 26.3 Å². The van der Waals surface area contributed by atoms with E-state index in [9.17, 15) is 4.79 Å². The Morgan fingerprint density at radius 1 is 1.29 bits per heavy atom. The van der Waals surface area contributed by atoms with Crippen molar-refractivity contribution in [3.63, 3.8) is 0 Å². The van der Waals surface area contributed by atoms with Gasteiger partial charge in [0, 0.05) is 12.0 Å². The highest BCUT2D eigenvalue weighted by molar-refractivity contribution is 5.95. The van der Waals surface area contributed by atoms with E-state index in [1.807, 2.05) is 6.92 Å². The van der Waals surface area contributed by atoms with Gasteiger partial charge in [-0.2, -0.15) is 0 Å². The van der Waals surface area contributed by atoms with Crippen LogP contribution < -0.4 is 0 Å². The van der Waals surface area contributed by atoms with Crippen LogP contribution in [0.15, 0.2) is 11.8 Å². The maximum absolute atomic E-state index is 11.5. The first-order valence-electron chi connectivity index (χ1n) is 5.63. The lowest BCUT2D eigenvalue weighted by Gasteiger charge is -2.31. The smallest absolute Gasteiger partial charge is 0.165 e. The zero-order valence-electron chi connectivity index (χ0n) is 8.79. The number of carbonyl (C=O) groups is 1. The number of ketones is 1. The van der Waals surface area contributed by atoms with Crippen molar-refractivity contribution in [3.8, 4) is 0 Å². The van der Waals surface area contributed by atoms with Gasteiger partial charge in [-0.3, -0.25) is 4.79 Å². The molecule has 1 unspecified atom stereocenters. The first-order chi connectivity index (χ1) is 6.77. The third kappa shape index (κ3) is 1.99. The zero-order valence-corrected chi connectivity index (χ0v) is 8.79. The van der Waals surface area contributed by atoms with E-state index in [1.54, 1.807) is 6.26 Å². The van der Waals surface area contributed by atoms with Gasteiger partial charge in [0.15, 0.2) is 5.78 Å². The SMILES string of the molecule is CC1=COC(C2CCCCC2)CC1=O. The van der Waals surface area contributed by atoms with Crippen LogP contribution in [0.4, 0.5) is 0 Å². The Labute approximate surface area is 85.3 Å². The van der Waals surface area contributed by atoms with E-state index < -0.39 is 0 Å². The van der Waals surface area contributed by atoms with Gasteiger partial charge in [0.2, 0.25) is 0 Å². The summed E-state index contributed by atoms with van der Waals surface area (Å²) < 4.78 is 5.62. The van der Waals surface area contributed by atoms with Crippen LogP contribution in [0.1, 0.15) is 45.4 Å². The quantitative estimate of drug-likeness (QED) is 0.641. The molecule has 2 rings (SSSR count). The van der Waals surface area contributed by atoms with E-state index in [0.717, 1.165) is 5.57 Å². The van der Waals surface area contributed by atoms with Crippen LogP contribution in [0.25, 0.3) is 0 Å². The fourth-order valence-corrected chi connectivity index (χ4v) is 2.43. The summed E-state index contributed by atoms with van der Waals surface area (Å²) in [5.41, 5.74) is 0.775. The summed E-state index contributed by atoms with van der Waals surface area (Å²) in [5, 5.41) is 0. The molecule has 1 saturated carbocycles. The van der Waals surface area contributed by atoms with E-state index >= 15 is 0 Å². The molecular formula is C12H18O2. The molecule has 0 N–H and O–H groups in total. The monoisotopic (exact) mass is 194 g/mol. The summed E-state index contributed by atoms with van der Waals surface area (Å²) in [6, 6.07) is 0. The lowest BCUT2D eigenvalue weighted by molar-refractivity contribution is -0.120. The van der Waals surface area contributed by atoms with Gasteiger partial charge >= 0.3 is 0 Å². The van der Waals surface area contributed by atoms with Gasteiger partial charge in [-0.05, 0) is 25.7 Å². The molecule has 0 spiro atoms. The molecule has 0 radical (unpaired) electrons. The Bertz CT molecular complexity index is 249. The third-order valence-corrected chi connectivity index (χ3v) is 3.42. The standard InChI is InChI=1S/C12H18O2/c1-9-8-14-12(7-11(9)13)10-5-3-2-4-6-10/h8,10,12H,2-7H2,1H3. The van der Waals surface area contributed by atoms with E-state index in [-0.39, 0.29) is 11.9 Å². The summed E-state index contributed by atoms with van der Waals surface area (Å²) in [4.78, 5) is 11.5. The predicted octanol–water partition coefficient (Wildman–Crippen LogP) is 2.83. The van der Waals surface area contributed by atoms with Crippen molar-refractivity contribution < 1.29 is 9.53 Å². The minimum Gasteiger partial charge on any atom is -0.497 e. The molecule has 0 amide bonds. The van der Waals surface area contributed by atoms with Gasteiger partial charge in [-0.15, -0.1) is 0 Å². The Balaban J connectivity index is 1.96. The van der Waals surface area contributed by atoms with Gasteiger partial charge in [-0.25, -0.2) is 0 Å². The molecular weight excluding hydrogens is 176 g/mol. The second-order valence-electron chi connectivity index (χ2n) is 4.50. The number of Topliss-reactive ketones (excluding diaryl/α,β-unsaturated/α-hetero) is 1. The van der Waals surface area contributed by atoms with Crippen LogP contribution in [-0.2, 0) is 9.53 Å². The van der Waals surface area contributed by atoms with Gasteiger partial charge in [0.05, 0.1) is 6.26 Å². The fraction of sp³-hybridized carbons (Fsp3) is 0.750. The normalized spacial score (nSPS) is 29.6. The molecule has 14 heavy (non-hydrogen) atoms. The average Bonchev–Trinajstić information content (AvgIpc) is 2.23. The molecule has 2 heteroatoms. The van der Waals surface area contributed by atoms with Crippen molar-refractivity contribution in [1.82, 2.24) is 0 Å². The van der Waals surface area contributed by atoms with Gasteiger partial charge < -0.3 is 4.74 Å². The third-order valence-electron chi connectivity index (χ3n) is 3.42. The van der Waals surface area contributed by atoms with Crippen molar-refractivity contribution in [2.45, 2.75) is 51.6 Å². The second kappa shape index (κ2) is 4.16. The van der Waals surface area contributed by atoms with E-state index in [0.29, 0.717) is 12.3 Å². The van der Waals surface area contributed by atoms with Crippen molar-refractivity contribution in [2.75, 3.05) is 0 Å². The van der Waals surface area contributed by atoms with Crippen molar-refractivity contribution in [1.29, 1.82) is 0 Å². The minimum atomic E-state index is 0.173. The maximum Gasteiger partial charge on any atom is 0.165 e. The molecule has 78 valence electrons. The first kappa shape index (κ1) is 9.75. The Morgan fingerprint density at radius 2 is 2.00 bits per heavy atom. The molecule has 2 aliphatic rings. The van der Waals surface area contributed by atoms with E-state index in [4.69, 9.17) is 4.74 Å². The molecule has 0 bridgehead atoms. The fourth-order valence-electron chi connectivity index (χ4n) is 2.43. The summed E-state index contributed by atoms with van der Waals surface area (Å²) in [6.45, 7) is 1.83. The molecule has 1 atom stereocenters. The van der Waals surface area contributed by atoms with Crippen LogP contribution >= 0.6 is 0 Å². The number of hydrogen-bond acceptors (Lipinski definition) is 2. The van der Waals surface area contributed by atoms with Crippen LogP contribution in [0.2, 0.25) is 0 Å². The predicted molar refractivity (Wildman–Crippen MR) is 54.8 cm³/mol. The summed E-state index contributed by atoms with van der Waals surface area (Å²) in [7, 11) is 0.